The predicted molar refractivity (Wildman–Crippen MR) is 87.6 cm³/mol. The van der Waals surface area contributed by atoms with Gasteiger partial charge in [-0.1, -0.05) is 32.0 Å². The first-order valence-corrected chi connectivity index (χ1v) is 7.54. The number of benzene rings is 1. The van der Waals surface area contributed by atoms with Crippen molar-refractivity contribution in [1.82, 2.24) is 20.0 Å². The summed E-state index contributed by atoms with van der Waals surface area (Å²) in [6.07, 6.45) is 4.02. The van der Waals surface area contributed by atoms with E-state index in [1.807, 2.05) is 29.1 Å². The second-order valence-corrected chi connectivity index (χ2v) is 6.03. The van der Waals surface area contributed by atoms with Crippen LogP contribution in [0.2, 0.25) is 0 Å². The van der Waals surface area contributed by atoms with E-state index in [0.717, 1.165) is 18.8 Å². The smallest absolute Gasteiger partial charge is 0.0645 e. The van der Waals surface area contributed by atoms with Crippen LogP contribution in [0.5, 0.6) is 0 Å². The van der Waals surface area contributed by atoms with Crippen molar-refractivity contribution in [3.8, 4) is 5.69 Å². The van der Waals surface area contributed by atoms with Gasteiger partial charge in [0.05, 0.1) is 11.9 Å². The Labute approximate surface area is 127 Å². The zero-order valence-corrected chi connectivity index (χ0v) is 13.5. The van der Waals surface area contributed by atoms with Crippen LogP contribution in [0.1, 0.15) is 19.4 Å². The lowest BCUT2D eigenvalue weighted by atomic mass is 10.0. The van der Waals surface area contributed by atoms with E-state index in [2.05, 4.69) is 61.6 Å². The van der Waals surface area contributed by atoms with Crippen LogP contribution in [-0.2, 0) is 6.54 Å². The van der Waals surface area contributed by atoms with Crippen LogP contribution >= 0.6 is 0 Å². The lowest BCUT2D eigenvalue weighted by Crippen LogP contribution is -2.41. The van der Waals surface area contributed by atoms with Crippen LogP contribution < -0.4 is 5.32 Å². The molecule has 0 fully saturated rings. The molecule has 4 heteroatoms. The molecule has 1 aromatic carbocycles. The molecule has 1 N–H and O–H groups in total. The van der Waals surface area contributed by atoms with E-state index in [9.17, 15) is 0 Å². The van der Waals surface area contributed by atoms with Gasteiger partial charge in [0.2, 0.25) is 0 Å². The molecule has 0 aliphatic rings. The van der Waals surface area contributed by atoms with E-state index in [0.29, 0.717) is 12.0 Å². The summed E-state index contributed by atoms with van der Waals surface area (Å²) in [7, 11) is 4.28. The molecular formula is C17H26N4. The SMILES string of the molecule is CC(C)C(CNCc1cnn(-c2ccccc2)c1)N(C)C. The summed E-state index contributed by atoms with van der Waals surface area (Å²) in [6.45, 7) is 6.37. The minimum absolute atomic E-state index is 0.550. The van der Waals surface area contributed by atoms with E-state index in [4.69, 9.17) is 0 Å². The van der Waals surface area contributed by atoms with Crippen molar-refractivity contribution >= 4 is 0 Å². The van der Waals surface area contributed by atoms with Crippen molar-refractivity contribution in [1.29, 1.82) is 0 Å². The number of para-hydroxylation sites is 1. The first kappa shape index (κ1) is 15.7. The highest BCUT2D eigenvalue weighted by atomic mass is 15.3. The number of rotatable bonds is 7. The molecule has 2 rings (SSSR count). The fourth-order valence-electron chi connectivity index (χ4n) is 2.55. The van der Waals surface area contributed by atoms with Crippen molar-refractivity contribution < 1.29 is 0 Å². The van der Waals surface area contributed by atoms with Gasteiger partial charge in [-0.2, -0.15) is 5.10 Å². The fourth-order valence-corrected chi connectivity index (χ4v) is 2.55. The van der Waals surface area contributed by atoms with Crippen molar-refractivity contribution in [2.75, 3.05) is 20.6 Å². The standard InChI is InChI=1S/C17H26N4/c1-14(2)17(20(3)4)12-18-10-15-11-19-21(13-15)16-8-6-5-7-9-16/h5-9,11,13-14,17-18H,10,12H2,1-4H3. The minimum atomic E-state index is 0.550. The highest BCUT2D eigenvalue weighted by Gasteiger charge is 2.14. The summed E-state index contributed by atoms with van der Waals surface area (Å²) in [5, 5.41) is 7.95. The summed E-state index contributed by atoms with van der Waals surface area (Å²) in [4.78, 5) is 2.28. The average Bonchev–Trinajstić information content (AvgIpc) is 2.92. The van der Waals surface area contributed by atoms with Crippen molar-refractivity contribution in [2.45, 2.75) is 26.4 Å². The molecule has 1 atom stereocenters. The van der Waals surface area contributed by atoms with Gasteiger partial charge in [0, 0.05) is 30.9 Å². The van der Waals surface area contributed by atoms with Crippen LogP contribution in [0.4, 0.5) is 0 Å². The minimum Gasteiger partial charge on any atom is -0.311 e. The molecule has 0 radical (unpaired) electrons. The molecular weight excluding hydrogens is 260 g/mol. The molecule has 0 amide bonds. The Balaban J connectivity index is 1.89. The molecule has 1 unspecified atom stereocenters. The Morgan fingerprint density at radius 1 is 1.19 bits per heavy atom. The Hall–Kier alpha value is -1.65. The monoisotopic (exact) mass is 286 g/mol. The summed E-state index contributed by atoms with van der Waals surface area (Å²) >= 11 is 0. The van der Waals surface area contributed by atoms with Crippen LogP contribution in [-0.4, -0.2) is 41.4 Å². The molecule has 21 heavy (non-hydrogen) atoms. The lowest BCUT2D eigenvalue weighted by molar-refractivity contribution is 0.224. The lowest BCUT2D eigenvalue weighted by Gasteiger charge is -2.28. The van der Waals surface area contributed by atoms with Gasteiger partial charge in [0.15, 0.2) is 0 Å². The summed E-state index contributed by atoms with van der Waals surface area (Å²) < 4.78 is 1.92. The van der Waals surface area contributed by atoms with Crippen LogP contribution in [0.25, 0.3) is 5.69 Å². The second-order valence-electron chi connectivity index (χ2n) is 6.03. The maximum absolute atomic E-state index is 4.42. The number of hydrogen-bond acceptors (Lipinski definition) is 3. The van der Waals surface area contributed by atoms with Gasteiger partial charge in [0.1, 0.15) is 0 Å². The number of likely N-dealkylation sites (N-methyl/N-ethyl adjacent to an activating group) is 1. The van der Waals surface area contributed by atoms with E-state index in [1.165, 1.54) is 5.56 Å². The van der Waals surface area contributed by atoms with E-state index in [-0.39, 0.29) is 0 Å². The zero-order chi connectivity index (χ0) is 15.2. The number of nitrogens with zero attached hydrogens (tertiary/aromatic N) is 3. The molecule has 2 aromatic rings. The average molecular weight is 286 g/mol. The first-order chi connectivity index (χ1) is 10.1. The van der Waals surface area contributed by atoms with Crippen LogP contribution in [0.3, 0.4) is 0 Å². The molecule has 1 heterocycles. The normalized spacial score (nSPS) is 13.0. The van der Waals surface area contributed by atoms with Crippen LogP contribution in [0.15, 0.2) is 42.7 Å². The van der Waals surface area contributed by atoms with Gasteiger partial charge < -0.3 is 10.2 Å². The van der Waals surface area contributed by atoms with Gasteiger partial charge in [-0.3, -0.25) is 0 Å². The van der Waals surface area contributed by atoms with E-state index in [1.54, 1.807) is 0 Å². The number of aromatic nitrogens is 2. The topological polar surface area (TPSA) is 33.1 Å². The first-order valence-electron chi connectivity index (χ1n) is 7.54. The Morgan fingerprint density at radius 3 is 2.52 bits per heavy atom. The maximum atomic E-state index is 4.42. The fraction of sp³-hybridized carbons (Fsp3) is 0.471. The molecule has 0 aliphatic heterocycles. The predicted octanol–water partition coefficient (Wildman–Crippen LogP) is 2.55. The highest BCUT2D eigenvalue weighted by molar-refractivity contribution is 5.30. The van der Waals surface area contributed by atoms with Crippen molar-refractivity contribution in [2.24, 2.45) is 5.92 Å². The quantitative estimate of drug-likeness (QED) is 0.849. The summed E-state index contributed by atoms with van der Waals surface area (Å²) in [5.74, 6) is 0.638. The molecule has 0 saturated heterocycles. The Bertz CT molecular complexity index is 523. The van der Waals surface area contributed by atoms with Gasteiger partial charge in [-0.15, -0.1) is 0 Å². The summed E-state index contributed by atoms with van der Waals surface area (Å²) in [6, 6.07) is 10.7. The van der Waals surface area contributed by atoms with Gasteiger partial charge >= 0.3 is 0 Å². The Kier molecular flexibility index (Phi) is 5.53. The molecule has 0 saturated carbocycles. The molecule has 0 bridgehead atoms. The third-order valence-electron chi connectivity index (χ3n) is 3.77. The molecule has 1 aromatic heterocycles. The Morgan fingerprint density at radius 2 is 1.90 bits per heavy atom. The van der Waals surface area contributed by atoms with E-state index >= 15 is 0 Å². The van der Waals surface area contributed by atoms with E-state index < -0.39 is 0 Å². The summed E-state index contributed by atoms with van der Waals surface area (Å²) in [5.41, 5.74) is 2.30. The largest absolute Gasteiger partial charge is 0.311 e. The van der Waals surface area contributed by atoms with Crippen LogP contribution in [0, 0.1) is 5.92 Å². The molecule has 0 spiro atoms. The highest BCUT2D eigenvalue weighted by Crippen LogP contribution is 2.09. The number of hydrogen-bond donors (Lipinski definition) is 1. The van der Waals surface area contributed by atoms with Gasteiger partial charge in [-0.25, -0.2) is 4.68 Å². The zero-order valence-electron chi connectivity index (χ0n) is 13.5. The van der Waals surface area contributed by atoms with Crippen molar-refractivity contribution in [3.05, 3.63) is 48.3 Å². The maximum Gasteiger partial charge on any atom is 0.0645 e. The molecule has 114 valence electrons. The molecule has 4 nitrogen and oxygen atoms in total. The van der Waals surface area contributed by atoms with Crippen molar-refractivity contribution in [3.63, 3.8) is 0 Å². The third kappa shape index (κ3) is 4.41. The molecule has 0 aliphatic carbocycles. The van der Waals surface area contributed by atoms with Gasteiger partial charge in [-0.05, 0) is 32.1 Å². The second kappa shape index (κ2) is 7.38. The third-order valence-corrected chi connectivity index (χ3v) is 3.77. The number of nitrogens with one attached hydrogen (secondary N) is 1. The van der Waals surface area contributed by atoms with Gasteiger partial charge in [0.25, 0.3) is 0 Å².